The summed E-state index contributed by atoms with van der Waals surface area (Å²) in [6.07, 6.45) is 3.39. The number of hydrogen-bond acceptors (Lipinski definition) is 3. The SMILES string of the molecule is O=C1C(=O)N(CCn2cccn2)c2cc(F)ccc21. The van der Waals surface area contributed by atoms with Crippen LogP contribution in [-0.4, -0.2) is 28.0 Å². The number of hydrogen-bond donors (Lipinski definition) is 0. The summed E-state index contributed by atoms with van der Waals surface area (Å²) in [5.41, 5.74) is 0.592. The van der Waals surface area contributed by atoms with Gasteiger partial charge in [0.05, 0.1) is 17.8 Å². The van der Waals surface area contributed by atoms with Crippen LogP contribution >= 0.6 is 0 Å². The van der Waals surface area contributed by atoms with Crippen molar-refractivity contribution in [3.8, 4) is 0 Å². The zero-order valence-corrected chi connectivity index (χ0v) is 9.91. The lowest BCUT2D eigenvalue weighted by Gasteiger charge is -2.16. The molecule has 1 amide bonds. The van der Waals surface area contributed by atoms with Gasteiger partial charge in [-0.05, 0) is 24.3 Å². The van der Waals surface area contributed by atoms with Crippen LogP contribution in [0.5, 0.6) is 0 Å². The van der Waals surface area contributed by atoms with Gasteiger partial charge in [-0.25, -0.2) is 4.39 Å². The Morgan fingerprint density at radius 3 is 2.79 bits per heavy atom. The molecule has 0 radical (unpaired) electrons. The van der Waals surface area contributed by atoms with E-state index < -0.39 is 17.5 Å². The number of benzene rings is 1. The maximum absolute atomic E-state index is 13.2. The van der Waals surface area contributed by atoms with Gasteiger partial charge in [0.25, 0.3) is 11.7 Å². The molecule has 0 saturated carbocycles. The predicted octanol–water partition coefficient (Wildman–Crippen LogP) is 1.25. The Kier molecular flexibility index (Phi) is 2.63. The van der Waals surface area contributed by atoms with Crippen LogP contribution in [-0.2, 0) is 11.3 Å². The maximum Gasteiger partial charge on any atom is 0.299 e. The van der Waals surface area contributed by atoms with Crippen LogP contribution in [0.15, 0.2) is 36.7 Å². The highest BCUT2D eigenvalue weighted by molar-refractivity contribution is 6.52. The van der Waals surface area contributed by atoms with Crippen LogP contribution < -0.4 is 4.90 Å². The van der Waals surface area contributed by atoms with Crippen molar-refractivity contribution in [3.05, 3.63) is 48.0 Å². The molecule has 1 aromatic carbocycles. The zero-order valence-electron chi connectivity index (χ0n) is 9.91. The molecule has 0 fully saturated rings. The topological polar surface area (TPSA) is 55.2 Å². The molecule has 2 aromatic rings. The van der Waals surface area contributed by atoms with E-state index in [0.717, 1.165) is 0 Å². The highest BCUT2D eigenvalue weighted by Crippen LogP contribution is 2.29. The van der Waals surface area contributed by atoms with E-state index in [1.54, 1.807) is 23.1 Å². The van der Waals surface area contributed by atoms with Crippen molar-refractivity contribution in [1.29, 1.82) is 0 Å². The molecule has 1 aromatic heterocycles. The smallest absolute Gasteiger partial charge is 0.299 e. The molecule has 0 atom stereocenters. The largest absolute Gasteiger partial charge is 0.303 e. The maximum atomic E-state index is 13.2. The van der Waals surface area contributed by atoms with Gasteiger partial charge in [0.1, 0.15) is 5.82 Å². The average molecular weight is 259 g/mol. The summed E-state index contributed by atoms with van der Waals surface area (Å²) in [4.78, 5) is 24.9. The standard InChI is InChI=1S/C13H10FN3O2/c14-9-2-3-10-11(8-9)17(13(19)12(10)18)7-6-16-5-1-4-15-16/h1-5,8H,6-7H2. The van der Waals surface area contributed by atoms with Gasteiger partial charge in [-0.2, -0.15) is 5.10 Å². The minimum atomic E-state index is -0.618. The van der Waals surface area contributed by atoms with Crippen molar-refractivity contribution in [2.75, 3.05) is 11.4 Å². The lowest BCUT2D eigenvalue weighted by molar-refractivity contribution is -0.114. The van der Waals surface area contributed by atoms with E-state index in [0.29, 0.717) is 12.2 Å². The molecule has 1 aliphatic heterocycles. The summed E-state index contributed by atoms with van der Waals surface area (Å²) in [6.45, 7) is 0.727. The minimum Gasteiger partial charge on any atom is -0.303 e. The minimum absolute atomic E-state index is 0.256. The molecule has 0 unspecified atom stereocenters. The third-order valence-electron chi connectivity index (χ3n) is 3.05. The third kappa shape index (κ3) is 1.91. The normalized spacial score (nSPS) is 14.1. The fraction of sp³-hybridized carbons (Fsp3) is 0.154. The summed E-state index contributed by atoms with van der Waals surface area (Å²) < 4.78 is 14.9. The van der Waals surface area contributed by atoms with Gasteiger partial charge in [-0.3, -0.25) is 14.3 Å². The van der Waals surface area contributed by atoms with E-state index in [9.17, 15) is 14.0 Å². The summed E-state index contributed by atoms with van der Waals surface area (Å²) in [5.74, 6) is -1.67. The number of nitrogens with zero attached hydrogens (tertiary/aromatic N) is 3. The third-order valence-corrected chi connectivity index (χ3v) is 3.05. The first-order valence-electron chi connectivity index (χ1n) is 5.80. The number of fused-ring (bicyclic) bond motifs is 1. The summed E-state index contributed by atoms with van der Waals surface area (Å²) in [5, 5.41) is 4.01. The van der Waals surface area contributed by atoms with Gasteiger partial charge in [-0.15, -0.1) is 0 Å². The number of anilines is 1. The number of carbonyl (C=O) groups is 2. The molecule has 0 aliphatic carbocycles. The van der Waals surface area contributed by atoms with Crippen molar-refractivity contribution >= 4 is 17.4 Å². The molecular weight excluding hydrogens is 249 g/mol. The van der Waals surface area contributed by atoms with Crippen molar-refractivity contribution in [2.24, 2.45) is 0 Å². The fourth-order valence-corrected chi connectivity index (χ4v) is 2.12. The Morgan fingerprint density at radius 1 is 1.21 bits per heavy atom. The highest BCUT2D eigenvalue weighted by atomic mass is 19.1. The monoisotopic (exact) mass is 259 g/mol. The average Bonchev–Trinajstić information content (AvgIpc) is 2.98. The van der Waals surface area contributed by atoms with Gasteiger partial charge in [0.15, 0.2) is 0 Å². The quantitative estimate of drug-likeness (QED) is 0.779. The fourth-order valence-electron chi connectivity index (χ4n) is 2.12. The van der Waals surface area contributed by atoms with E-state index in [-0.39, 0.29) is 12.1 Å². The Hall–Kier alpha value is -2.50. The van der Waals surface area contributed by atoms with Crippen molar-refractivity contribution in [2.45, 2.75) is 6.54 Å². The first-order chi connectivity index (χ1) is 9.16. The molecule has 6 heteroatoms. The molecule has 0 N–H and O–H groups in total. The number of aromatic nitrogens is 2. The summed E-state index contributed by atoms with van der Waals surface area (Å²) in [7, 11) is 0. The van der Waals surface area contributed by atoms with Crippen LogP contribution in [0.25, 0.3) is 0 Å². The molecule has 0 spiro atoms. The molecule has 1 aliphatic rings. The Balaban J connectivity index is 1.88. The van der Waals surface area contributed by atoms with Crippen LogP contribution in [0.3, 0.4) is 0 Å². The lowest BCUT2D eigenvalue weighted by Crippen LogP contribution is -2.32. The van der Waals surface area contributed by atoms with E-state index in [2.05, 4.69) is 5.10 Å². The molecule has 19 heavy (non-hydrogen) atoms. The molecule has 2 heterocycles. The Labute approximate surface area is 108 Å². The molecule has 96 valence electrons. The van der Waals surface area contributed by atoms with Crippen molar-refractivity contribution < 1.29 is 14.0 Å². The molecule has 5 nitrogen and oxygen atoms in total. The lowest BCUT2D eigenvalue weighted by atomic mass is 10.1. The van der Waals surface area contributed by atoms with Gasteiger partial charge < -0.3 is 4.90 Å². The van der Waals surface area contributed by atoms with Gasteiger partial charge in [0.2, 0.25) is 0 Å². The second kappa shape index (κ2) is 4.31. The van der Waals surface area contributed by atoms with E-state index >= 15 is 0 Å². The summed E-state index contributed by atoms with van der Waals surface area (Å²) >= 11 is 0. The van der Waals surface area contributed by atoms with Crippen molar-refractivity contribution in [1.82, 2.24) is 9.78 Å². The molecule has 3 rings (SSSR count). The van der Waals surface area contributed by atoms with Crippen LogP contribution in [0, 0.1) is 5.82 Å². The number of carbonyl (C=O) groups excluding carboxylic acids is 2. The second-order valence-corrected chi connectivity index (χ2v) is 4.22. The first-order valence-corrected chi connectivity index (χ1v) is 5.80. The highest BCUT2D eigenvalue weighted by Gasteiger charge is 2.35. The number of ketones is 1. The second-order valence-electron chi connectivity index (χ2n) is 4.22. The van der Waals surface area contributed by atoms with E-state index in [1.165, 1.54) is 23.1 Å². The number of halogens is 1. The van der Waals surface area contributed by atoms with Gasteiger partial charge >= 0.3 is 0 Å². The summed E-state index contributed by atoms with van der Waals surface area (Å²) in [6, 6.07) is 5.51. The van der Waals surface area contributed by atoms with Crippen LogP contribution in [0.4, 0.5) is 10.1 Å². The van der Waals surface area contributed by atoms with Crippen LogP contribution in [0.1, 0.15) is 10.4 Å². The molecular formula is C13H10FN3O2. The van der Waals surface area contributed by atoms with Gasteiger partial charge in [0, 0.05) is 18.9 Å². The van der Waals surface area contributed by atoms with E-state index in [1.807, 2.05) is 0 Å². The number of amides is 1. The van der Waals surface area contributed by atoms with Crippen molar-refractivity contribution in [3.63, 3.8) is 0 Å². The van der Waals surface area contributed by atoms with E-state index in [4.69, 9.17) is 0 Å². The number of Topliss-reactive ketones (excluding diaryl/α,β-unsaturated/α-hetero) is 1. The molecule has 0 saturated heterocycles. The predicted molar refractivity (Wildman–Crippen MR) is 65.3 cm³/mol. The Morgan fingerprint density at radius 2 is 2.05 bits per heavy atom. The van der Waals surface area contributed by atoms with Gasteiger partial charge in [-0.1, -0.05) is 0 Å². The first kappa shape index (κ1) is 11.6. The molecule has 0 bridgehead atoms. The Bertz CT molecular complexity index is 652. The zero-order chi connectivity index (χ0) is 13.4. The number of rotatable bonds is 3. The van der Waals surface area contributed by atoms with Crippen LogP contribution in [0.2, 0.25) is 0 Å².